The van der Waals surface area contributed by atoms with E-state index in [-0.39, 0.29) is 51.4 Å². The number of carbonyl (C=O) groups excluding carboxylic acids is 1. The summed E-state index contributed by atoms with van der Waals surface area (Å²) in [4.78, 5) is 49.5. The number of carboxylic acid groups (broad SMARTS) is 1. The van der Waals surface area contributed by atoms with Gasteiger partial charge >= 0.3 is 12.0 Å². The molecule has 6 N–H and O–H groups in total. The second-order valence-electron chi connectivity index (χ2n) is 10.9. The zero-order chi connectivity index (χ0) is 34.6. The highest BCUT2D eigenvalue weighted by atomic mass is 32.2. The normalized spacial score (nSPS) is 12.0. The van der Waals surface area contributed by atoms with E-state index >= 15 is 0 Å². The summed E-state index contributed by atoms with van der Waals surface area (Å²) >= 11 is 0. The lowest BCUT2D eigenvalue weighted by molar-refractivity contribution is 0.0696. The Labute approximate surface area is 276 Å². The Kier molecular flexibility index (Phi) is 7.30. The van der Waals surface area contributed by atoms with Crippen molar-refractivity contribution in [3.8, 4) is 17.1 Å². The molecule has 49 heavy (non-hydrogen) atoms. The van der Waals surface area contributed by atoms with Crippen molar-refractivity contribution in [3.05, 3.63) is 112 Å². The molecule has 4 aromatic carbocycles. The summed E-state index contributed by atoms with van der Waals surface area (Å²) in [5.74, 6) is -1.81. The molecule has 2 heterocycles. The second kappa shape index (κ2) is 11.5. The SMILES string of the molecule is Cn1c(=O)cc2c3c(c(Nc4cc(Nc5nc(O)nc(Nc6cccc(C(=O)O)c6)n5)ccc4S(=O)(=O)O)ccc31)C(=O)c1ccccc1-2. The van der Waals surface area contributed by atoms with Crippen LogP contribution in [0, 0.1) is 0 Å². The minimum atomic E-state index is -4.79. The second-order valence-corrected chi connectivity index (χ2v) is 12.3. The molecule has 2 aromatic heterocycles. The van der Waals surface area contributed by atoms with E-state index in [1.807, 2.05) is 0 Å². The summed E-state index contributed by atoms with van der Waals surface area (Å²) in [6, 6.07) is 20.4. The summed E-state index contributed by atoms with van der Waals surface area (Å²) in [6.07, 6.45) is 0. The van der Waals surface area contributed by atoms with E-state index in [0.717, 1.165) is 6.07 Å². The number of rotatable bonds is 8. The minimum Gasteiger partial charge on any atom is -0.479 e. The molecular formula is C33H23N7O8S. The molecule has 0 atom stereocenters. The van der Waals surface area contributed by atoms with E-state index in [1.165, 1.54) is 41.0 Å². The van der Waals surface area contributed by atoms with E-state index in [0.29, 0.717) is 33.3 Å². The molecule has 0 radical (unpaired) electrons. The number of carboxylic acids is 1. The number of ketones is 1. The third kappa shape index (κ3) is 5.66. The highest BCUT2D eigenvalue weighted by Crippen LogP contribution is 2.42. The highest BCUT2D eigenvalue weighted by Gasteiger charge is 2.30. The van der Waals surface area contributed by atoms with Crippen LogP contribution >= 0.6 is 0 Å². The summed E-state index contributed by atoms with van der Waals surface area (Å²) < 4.78 is 36.4. The molecule has 7 rings (SSSR count). The van der Waals surface area contributed by atoms with Gasteiger partial charge in [0, 0.05) is 35.4 Å². The predicted octanol–water partition coefficient (Wildman–Crippen LogP) is 4.82. The molecule has 0 aliphatic heterocycles. The van der Waals surface area contributed by atoms with Crippen LogP contribution in [0.15, 0.2) is 94.6 Å². The quantitative estimate of drug-likeness (QED) is 0.119. The number of nitrogens with one attached hydrogen (secondary N) is 3. The number of hydrogen-bond acceptors (Lipinski definition) is 12. The molecule has 0 fully saturated rings. The van der Waals surface area contributed by atoms with Crippen molar-refractivity contribution in [1.82, 2.24) is 19.5 Å². The Balaban J connectivity index is 1.29. The van der Waals surface area contributed by atoms with Crippen molar-refractivity contribution in [2.75, 3.05) is 16.0 Å². The van der Waals surface area contributed by atoms with Crippen LogP contribution in [0.5, 0.6) is 6.01 Å². The van der Waals surface area contributed by atoms with Crippen LogP contribution in [0.4, 0.5) is 34.6 Å². The molecule has 6 aromatic rings. The van der Waals surface area contributed by atoms with E-state index < -0.39 is 27.0 Å². The smallest absolute Gasteiger partial charge is 0.335 e. The lowest BCUT2D eigenvalue weighted by Crippen LogP contribution is -2.21. The summed E-state index contributed by atoms with van der Waals surface area (Å²) in [6.45, 7) is 0. The number of benzene rings is 4. The van der Waals surface area contributed by atoms with Gasteiger partial charge in [0.2, 0.25) is 11.9 Å². The van der Waals surface area contributed by atoms with Gasteiger partial charge in [-0.05, 0) is 59.7 Å². The van der Waals surface area contributed by atoms with Gasteiger partial charge in [-0.25, -0.2) is 4.79 Å². The number of anilines is 6. The van der Waals surface area contributed by atoms with Crippen LogP contribution in [0.1, 0.15) is 26.3 Å². The third-order valence-corrected chi connectivity index (χ3v) is 8.79. The number of pyridine rings is 1. The van der Waals surface area contributed by atoms with Crippen molar-refractivity contribution in [2.45, 2.75) is 4.90 Å². The number of carbonyl (C=O) groups is 2. The topological polar surface area (TPSA) is 226 Å². The first-order valence-electron chi connectivity index (χ1n) is 14.4. The van der Waals surface area contributed by atoms with E-state index in [1.54, 1.807) is 49.5 Å². The molecule has 244 valence electrons. The molecule has 16 heteroatoms. The van der Waals surface area contributed by atoms with Crippen molar-refractivity contribution in [2.24, 2.45) is 7.05 Å². The van der Waals surface area contributed by atoms with Gasteiger partial charge in [-0.15, -0.1) is 0 Å². The predicted molar refractivity (Wildman–Crippen MR) is 179 cm³/mol. The number of nitrogens with zero attached hydrogens (tertiary/aromatic N) is 4. The molecule has 15 nitrogen and oxygen atoms in total. The Morgan fingerprint density at radius 3 is 2.14 bits per heavy atom. The number of aryl methyl sites for hydroxylation is 1. The van der Waals surface area contributed by atoms with Crippen molar-refractivity contribution in [3.63, 3.8) is 0 Å². The van der Waals surface area contributed by atoms with Gasteiger partial charge in [0.1, 0.15) is 4.90 Å². The fourth-order valence-electron chi connectivity index (χ4n) is 5.70. The van der Waals surface area contributed by atoms with E-state index in [4.69, 9.17) is 0 Å². The lowest BCUT2D eigenvalue weighted by atomic mass is 9.83. The Hall–Kier alpha value is -6.65. The van der Waals surface area contributed by atoms with Crippen LogP contribution in [-0.4, -0.2) is 54.5 Å². The number of aromatic nitrogens is 4. The zero-order valence-electron chi connectivity index (χ0n) is 25.2. The van der Waals surface area contributed by atoms with Crippen LogP contribution < -0.4 is 21.5 Å². The van der Waals surface area contributed by atoms with Gasteiger partial charge in [0.25, 0.3) is 15.7 Å². The molecule has 0 unspecified atom stereocenters. The first-order valence-corrected chi connectivity index (χ1v) is 15.8. The minimum absolute atomic E-state index is 0.00678. The summed E-state index contributed by atoms with van der Waals surface area (Å²) in [5.41, 5.74) is 2.53. The monoisotopic (exact) mass is 677 g/mol. The van der Waals surface area contributed by atoms with Gasteiger partial charge < -0.3 is 30.7 Å². The van der Waals surface area contributed by atoms with Crippen molar-refractivity contribution in [1.29, 1.82) is 0 Å². The molecule has 0 saturated heterocycles. The fourth-order valence-corrected chi connectivity index (χ4v) is 6.33. The summed E-state index contributed by atoms with van der Waals surface area (Å²) in [5, 5.41) is 28.6. The van der Waals surface area contributed by atoms with Crippen molar-refractivity contribution < 1.29 is 32.8 Å². The maximum atomic E-state index is 13.9. The van der Waals surface area contributed by atoms with E-state index in [9.17, 15) is 37.6 Å². The average Bonchev–Trinajstić information content (AvgIpc) is 3.05. The van der Waals surface area contributed by atoms with Crippen molar-refractivity contribution >= 4 is 67.4 Å². The molecule has 0 saturated carbocycles. The number of aromatic carboxylic acids is 1. The van der Waals surface area contributed by atoms with Gasteiger partial charge in [-0.1, -0.05) is 30.3 Å². The molecule has 1 aliphatic carbocycles. The van der Waals surface area contributed by atoms with Gasteiger partial charge in [-0.3, -0.25) is 14.1 Å². The molecule has 0 bridgehead atoms. The first kappa shape index (κ1) is 31.0. The van der Waals surface area contributed by atoms with Gasteiger partial charge in [-0.2, -0.15) is 23.4 Å². The Bertz CT molecular complexity index is 2570. The Morgan fingerprint density at radius 1 is 0.755 bits per heavy atom. The molecular weight excluding hydrogens is 654 g/mol. The largest absolute Gasteiger partial charge is 0.479 e. The average molecular weight is 678 g/mol. The fraction of sp³-hybridized carbons (Fsp3) is 0.0303. The number of fused-ring (bicyclic) bond motifs is 2. The zero-order valence-corrected chi connectivity index (χ0v) is 26.0. The molecule has 1 aliphatic rings. The number of aromatic hydroxyl groups is 1. The van der Waals surface area contributed by atoms with Crippen LogP contribution in [0.2, 0.25) is 0 Å². The van der Waals surface area contributed by atoms with E-state index in [2.05, 4.69) is 30.9 Å². The molecule has 0 spiro atoms. The highest BCUT2D eigenvalue weighted by molar-refractivity contribution is 7.86. The number of hydrogen-bond donors (Lipinski definition) is 6. The first-order chi connectivity index (χ1) is 23.4. The summed E-state index contributed by atoms with van der Waals surface area (Å²) in [7, 11) is -3.20. The molecule has 0 amide bonds. The van der Waals surface area contributed by atoms with Crippen LogP contribution in [0.25, 0.3) is 22.0 Å². The lowest BCUT2D eigenvalue weighted by Gasteiger charge is -2.24. The third-order valence-electron chi connectivity index (χ3n) is 7.87. The van der Waals surface area contributed by atoms with Gasteiger partial charge in [0.15, 0.2) is 5.78 Å². The maximum Gasteiger partial charge on any atom is 0.335 e. The Morgan fingerprint density at radius 2 is 1.45 bits per heavy atom. The standard InChI is InChI=1S/C33H23N7O8S/c1-40-24-11-10-22(28-27(24)21(15-26(40)41)19-7-2-3-8-20(19)29(28)42)36-23-14-18(9-12-25(23)49(46,47)48)35-32-37-31(38-33(45)39-32)34-17-6-4-5-16(13-17)30(43)44/h2-15,36H,1H3,(H,43,44)(H,46,47,48)(H3,34,35,37,38,39,45). The van der Waals surface area contributed by atoms with Gasteiger partial charge in [0.05, 0.1) is 28.0 Å². The maximum absolute atomic E-state index is 13.9. The van der Waals surface area contributed by atoms with Crippen LogP contribution in [-0.2, 0) is 17.2 Å². The van der Waals surface area contributed by atoms with Crippen LogP contribution in [0.3, 0.4) is 0 Å².